The van der Waals surface area contributed by atoms with Crippen molar-refractivity contribution in [2.45, 2.75) is 123 Å². The molecule has 3 saturated heterocycles. The molecule has 3 aliphatic rings. The van der Waals surface area contributed by atoms with Crippen molar-refractivity contribution in [2.75, 3.05) is 27.8 Å². The average Bonchev–Trinajstić information content (AvgIpc) is 3.27. The van der Waals surface area contributed by atoms with Crippen molar-refractivity contribution in [1.82, 2.24) is 10.2 Å². The van der Waals surface area contributed by atoms with Crippen molar-refractivity contribution in [2.24, 2.45) is 23.7 Å². The van der Waals surface area contributed by atoms with Crippen molar-refractivity contribution >= 4 is 23.8 Å². The Bertz CT molecular complexity index is 1040. The lowest BCUT2D eigenvalue weighted by Gasteiger charge is -2.47. The zero-order valence-corrected chi connectivity index (χ0v) is 27.6. The molecule has 3 unspecified atom stereocenters. The summed E-state index contributed by atoms with van der Waals surface area (Å²) < 4.78 is 36.1. The normalized spacial score (nSPS) is 43.5. The van der Waals surface area contributed by atoms with Crippen LogP contribution in [0.2, 0.25) is 0 Å². The number of hydrogen-bond donors (Lipinski definition) is 1. The molecular formula is C31H52N2O10. The van der Waals surface area contributed by atoms with Crippen LogP contribution in [-0.2, 0) is 42.8 Å². The minimum absolute atomic E-state index is 0.0122. The van der Waals surface area contributed by atoms with E-state index in [9.17, 15) is 19.2 Å². The summed E-state index contributed by atoms with van der Waals surface area (Å²) in [6, 6.07) is -1.01. The van der Waals surface area contributed by atoms with Gasteiger partial charge in [-0.05, 0) is 67.0 Å². The summed E-state index contributed by atoms with van der Waals surface area (Å²) in [7, 11) is 5.60. The van der Waals surface area contributed by atoms with Crippen LogP contribution in [0.3, 0.4) is 0 Å². The van der Waals surface area contributed by atoms with E-state index in [2.05, 4.69) is 17.1 Å². The average molecular weight is 613 g/mol. The molecule has 246 valence electrons. The Morgan fingerprint density at radius 1 is 1.02 bits per heavy atom. The lowest BCUT2D eigenvalue weighted by molar-refractivity contribution is -0.281. The lowest BCUT2D eigenvalue weighted by Crippen LogP contribution is -2.57. The van der Waals surface area contributed by atoms with Gasteiger partial charge in [-0.3, -0.25) is 9.59 Å². The Hall–Kier alpha value is -2.28. The number of Topliss-reactive ketones (excluding diaryl/α,β-unsaturated/α-hetero) is 1. The van der Waals surface area contributed by atoms with Crippen molar-refractivity contribution < 1.29 is 47.6 Å². The number of ether oxygens (including phenoxy) is 6. The quantitative estimate of drug-likeness (QED) is 0.278. The molecule has 0 saturated carbocycles. The van der Waals surface area contributed by atoms with Crippen LogP contribution < -0.4 is 5.32 Å². The second kappa shape index (κ2) is 13.8. The molecule has 0 bridgehead atoms. The summed E-state index contributed by atoms with van der Waals surface area (Å²) in [5, 5.41) is 2.50. The molecule has 3 fully saturated rings. The number of amides is 1. The molecule has 0 aromatic rings. The molecule has 12 nitrogen and oxygen atoms in total. The summed E-state index contributed by atoms with van der Waals surface area (Å²) in [6.45, 7) is 14.3. The molecule has 0 radical (unpaired) electrons. The fourth-order valence-electron chi connectivity index (χ4n) is 6.89. The van der Waals surface area contributed by atoms with E-state index in [1.807, 2.05) is 34.9 Å². The van der Waals surface area contributed by atoms with E-state index in [0.29, 0.717) is 6.42 Å². The zero-order chi connectivity index (χ0) is 32.4. The van der Waals surface area contributed by atoms with Gasteiger partial charge in [0.1, 0.15) is 12.0 Å². The molecule has 3 aliphatic heterocycles. The smallest absolute Gasteiger partial charge is 0.408 e. The highest BCUT2D eigenvalue weighted by Gasteiger charge is 2.57. The maximum absolute atomic E-state index is 14.0. The third-order valence-corrected chi connectivity index (χ3v) is 9.59. The van der Waals surface area contributed by atoms with Crippen molar-refractivity contribution in [1.29, 1.82) is 0 Å². The number of hydrogen-bond acceptors (Lipinski definition) is 11. The van der Waals surface area contributed by atoms with E-state index in [0.717, 1.165) is 6.42 Å². The van der Waals surface area contributed by atoms with Crippen molar-refractivity contribution in [3.05, 3.63) is 0 Å². The SMILES string of the molecule is CC[C@H]1OC(=O)[C@H](C)C(=O)[C@H](C)[C@@H](O[C@@H]2OC(C)CC(N(C)C)C2C)[C@](C)(OC)C[C@@H](C)COC(=O)[C@H]2NC(=O)O[C@@]21C. The van der Waals surface area contributed by atoms with Crippen LogP contribution >= 0.6 is 0 Å². The number of ketones is 1. The molecule has 12 atom stereocenters. The Balaban J connectivity index is 2.02. The highest BCUT2D eigenvalue weighted by Crippen LogP contribution is 2.38. The first-order valence-corrected chi connectivity index (χ1v) is 15.4. The number of alkyl carbamates (subject to hydrolysis) is 1. The number of esters is 2. The lowest BCUT2D eigenvalue weighted by atomic mass is 9.78. The summed E-state index contributed by atoms with van der Waals surface area (Å²) in [5.74, 6) is -4.10. The Morgan fingerprint density at radius 3 is 2.26 bits per heavy atom. The molecule has 0 aliphatic carbocycles. The van der Waals surface area contributed by atoms with Crippen LogP contribution in [0.1, 0.15) is 74.7 Å². The van der Waals surface area contributed by atoms with Crippen LogP contribution in [0.5, 0.6) is 0 Å². The third-order valence-electron chi connectivity index (χ3n) is 9.59. The number of nitrogens with one attached hydrogen (secondary N) is 1. The van der Waals surface area contributed by atoms with E-state index in [1.165, 1.54) is 13.8 Å². The van der Waals surface area contributed by atoms with Crippen molar-refractivity contribution in [3.8, 4) is 0 Å². The predicted molar refractivity (Wildman–Crippen MR) is 156 cm³/mol. The number of carbonyl (C=O) groups is 4. The highest BCUT2D eigenvalue weighted by atomic mass is 16.7. The fourth-order valence-corrected chi connectivity index (χ4v) is 6.89. The summed E-state index contributed by atoms with van der Waals surface area (Å²) in [4.78, 5) is 55.1. The molecule has 0 aromatic carbocycles. The molecule has 1 N–H and O–H groups in total. The zero-order valence-electron chi connectivity index (χ0n) is 27.6. The van der Waals surface area contributed by atoms with Crippen LogP contribution in [-0.4, -0.2) is 104 Å². The van der Waals surface area contributed by atoms with Crippen molar-refractivity contribution in [3.63, 3.8) is 0 Å². The Morgan fingerprint density at radius 2 is 1.67 bits per heavy atom. The maximum atomic E-state index is 14.0. The van der Waals surface area contributed by atoms with Crippen LogP contribution in [0.25, 0.3) is 0 Å². The van der Waals surface area contributed by atoms with E-state index >= 15 is 0 Å². The summed E-state index contributed by atoms with van der Waals surface area (Å²) >= 11 is 0. The minimum Gasteiger partial charge on any atom is -0.464 e. The standard InChI is InChI=1S/C31H52N2O10/c1-12-22-31(8)24(32-29(37)43-31)27(36)39-15-16(2)14-30(7,38-11)25(19(5)23(34)20(6)26(35)41-22)42-28-18(4)21(33(9)10)13-17(3)40-28/h16-22,24-25,28H,12-15H2,1-11H3,(H,32,37)/t16-,17?,18?,19+,20-,21?,22-,24-,25-,28+,30-,31-/m1/s1. The number of nitrogens with zero attached hydrogens (tertiary/aromatic N) is 1. The van der Waals surface area contributed by atoms with E-state index in [1.54, 1.807) is 21.0 Å². The van der Waals surface area contributed by atoms with Gasteiger partial charge in [-0.1, -0.05) is 27.7 Å². The molecule has 3 heterocycles. The van der Waals surface area contributed by atoms with Gasteiger partial charge in [0.05, 0.1) is 24.4 Å². The van der Waals surface area contributed by atoms with Gasteiger partial charge in [-0.2, -0.15) is 0 Å². The van der Waals surface area contributed by atoms with Crippen LogP contribution in [0.4, 0.5) is 4.79 Å². The first kappa shape index (κ1) is 35.2. The highest BCUT2D eigenvalue weighted by molar-refractivity contribution is 6.00. The number of carbonyl (C=O) groups excluding carboxylic acids is 4. The van der Waals surface area contributed by atoms with E-state index in [-0.39, 0.29) is 42.8 Å². The second-order valence-corrected chi connectivity index (χ2v) is 13.4. The van der Waals surface area contributed by atoms with Gasteiger partial charge >= 0.3 is 18.0 Å². The van der Waals surface area contributed by atoms with Gasteiger partial charge in [0.2, 0.25) is 0 Å². The summed E-state index contributed by atoms with van der Waals surface area (Å²) in [5.41, 5.74) is -2.57. The number of cyclic esters (lactones) is 2. The monoisotopic (exact) mass is 612 g/mol. The van der Waals surface area contributed by atoms with Crippen LogP contribution in [0, 0.1) is 23.7 Å². The molecule has 0 aromatic heterocycles. The number of fused-ring (bicyclic) bond motifs is 1. The fraction of sp³-hybridized carbons (Fsp3) is 0.871. The van der Waals surface area contributed by atoms with Crippen LogP contribution in [0.15, 0.2) is 0 Å². The molecular weight excluding hydrogens is 560 g/mol. The van der Waals surface area contributed by atoms with Gasteiger partial charge in [-0.15, -0.1) is 0 Å². The molecule has 1 amide bonds. The molecule has 12 heteroatoms. The summed E-state index contributed by atoms with van der Waals surface area (Å²) in [6.07, 6.45) is -1.93. The first-order valence-electron chi connectivity index (χ1n) is 15.4. The first-order chi connectivity index (χ1) is 20.0. The third kappa shape index (κ3) is 7.34. The van der Waals surface area contributed by atoms with Gasteiger partial charge in [0, 0.05) is 25.0 Å². The molecule has 3 rings (SSSR count). The predicted octanol–water partition coefficient (Wildman–Crippen LogP) is 3.09. The molecule has 43 heavy (non-hydrogen) atoms. The second-order valence-electron chi connectivity index (χ2n) is 13.4. The number of rotatable bonds is 5. The Kier molecular flexibility index (Phi) is 11.3. The largest absolute Gasteiger partial charge is 0.464 e. The van der Waals surface area contributed by atoms with E-state index < -0.39 is 65.6 Å². The molecule has 0 spiro atoms. The topological polar surface area (TPSA) is 139 Å². The van der Waals surface area contributed by atoms with Gasteiger partial charge < -0.3 is 38.6 Å². The van der Waals surface area contributed by atoms with Gasteiger partial charge in [-0.25, -0.2) is 9.59 Å². The Labute approximate surface area is 255 Å². The number of methoxy groups -OCH3 is 1. The minimum atomic E-state index is -1.53. The van der Waals surface area contributed by atoms with Gasteiger partial charge in [0.15, 0.2) is 23.7 Å². The van der Waals surface area contributed by atoms with Gasteiger partial charge in [0.25, 0.3) is 0 Å². The van der Waals surface area contributed by atoms with E-state index in [4.69, 9.17) is 28.4 Å². The maximum Gasteiger partial charge on any atom is 0.408 e.